The molecule has 0 spiro atoms. The molecule has 4 rings (SSSR count). The highest BCUT2D eigenvalue weighted by Gasteiger charge is 2.61. The number of aliphatic hydroxyl groups excluding tert-OH is 1. The first-order chi connectivity index (χ1) is 14.5. The summed E-state index contributed by atoms with van der Waals surface area (Å²) in [6.07, 6.45) is -1.68. The molecule has 1 aromatic heterocycles. The molecule has 0 saturated heterocycles. The van der Waals surface area contributed by atoms with Crippen LogP contribution < -0.4 is 0 Å². The Hall–Kier alpha value is -2.68. The van der Waals surface area contributed by atoms with E-state index in [4.69, 9.17) is 5.11 Å². The zero-order valence-electron chi connectivity index (χ0n) is 17.1. The summed E-state index contributed by atoms with van der Waals surface area (Å²) in [6, 6.07) is 9.03. The lowest BCUT2D eigenvalue weighted by molar-refractivity contribution is -0.246. The molecule has 0 saturated carbocycles. The lowest BCUT2D eigenvalue weighted by Crippen LogP contribution is -2.41. The van der Waals surface area contributed by atoms with Gasteiger partial charge in [0.25, 0.3) is 0 Å². The molecule has 2 aromatic carbocycles. The van der Waals surface area contributed by atoms with Crippen molar-refractivity contribution in [2.24, 2.45) is 0 Å². The van der Waals surface area contributed by atoms with Gasteiger partial charge in [-0.3, -0.25) is 4.68 Å². The zero-order valence-corrected chi connectivity index (χ0v) is 17.1. The van der Waals surface area contributed by atoms with Crippen molar-refractivity contribution in [3.8, 4) is 22.3 Å². The van der Waals surface area contributed by atoms with Gasteiger partial charge in [0.2, 0.25) is 5.60 Å². The maximum absolute atomic E-state index is 14.3. The molecule has 0 aliphatic heterocycles. The first kappa shape index (κ1) is 21.5. The fraction of sp³-hybridized carbons (Fsp3) is 0.348. The van der Waals surface area contributed by atoms with Crippen LogP contribution in [0.25, 0.3) is 22.3 Å². The quantitative estimate of drug-likeness (QED) is 0.575. The Kier molecular flexibility index (Phi) is 4.99. The third-order valence-electron chi connectivity index (χ3n) is 5.49. The van der Waals surface area contributed by atoms with Gasteiger partial charge >= 0.3 is 6.18 Å². The van der Waals surface area contributed by atoms with Crippen LogP contribution in [0, 0.1) is 0 Å². The lowest BCUT2D eigenvalue weighted by Gasteiger charge is -2.29. The zero-order chi connectivity index (χ0) is 22.6. The molecule has 1 unspecified atom stereocenters. The molecule has 1 aliphatic rings. The third kappa shape index (κ3) is 3.54. The molecular formula is C23H23F3N2O3. The maximum Gasteiger partial charge on any atom is 0.425 e. The van der Waals surface area contributed by atoms with Crippen molar-refractivity contribution in [1.29, 1.82) is 0 Å². The number of nitrogens with zero attached hydrogens (tertiary/aromatic N) is 2. The van der Waals surface area contributed by atoms with Gasteiger partial charge in [-0.2, -0.15) is 18.3 Å². The van der Waals surface area contributed by atoms with E-state index in [1.165, 1.54) is 29.1 Å². The Labute approximate surface area is 177 Å². The van der Waals surface area contributed by atoms with Crippen molar-refractivity contribution < 1.29 is 28.5 Å². The van der Waals surface area contributed by atoms with E-state index in [1.807, 2.05) is 0 Å². The molecule has 3 aromatic rings. The summed E-state index contributed by atoms with van der Waals surface area (Å²) in [4.78, 5) is 0. The minimum atomic E-state index is -4.94. The largest absolute Gasteiger partial charge is 0.425 e. The van der Waals surface area contributed by atoms with E-state index in [0.717, 1.165) is 0 Å². The minimum Gasteiger partial charge on any atom is -0.394 e. The van der Waals surface area contributed by atoms with Gasteiger partial charge in [-0.15, -0.1) is 0 Å². The number of benzene rings is 2. The second kappa shape index (κ2) is 7.19. The maximum atomic E-state index is 14.3. The van der Waals surface area contributed by atoms with Crippen LogP contribution in [0.15, 0.2) is 48.8 Å². The predicted molar refractivity (Wildman–Crippen MR) is 109 cm³/mol. The molecule has 0 amide bonds. The van der Waals surface area contributed by atoms with E-state index >= 15 is 0 Å². The Balaban J connectivity index is 2.04. The van der Waals surface area contributed by atoms with Crippen LogP contribution in [0.5, 0.6) is 0 Å². The molecule has 31 heavy (non-hydrogen) atoms. The molecule has 0 bridgehead atoms. The highest BCUT2D eigenvalue weighted by atomic mass is 19.4. The number of hydrogen-bond acceptors (Lipinski definition) is 4. The van der Waals surface area contributed by atoms with Crippen LogP contribution >= 0.6 is 0 Å². The standard InChI is InChI=1S/C23H23F3N2O3/c1-21(2,30)11-14-9-17(15-12-27-28(13-15)7-8-29)20-16-5-3-4-6-18(16)22(31,19(20)10-14)23(24,25)26/h3-6,9-10,12-13,29-31H,7-8,11H2,1-2H3. The van der Waals surface area contributed by atoms with Crippen molar-refractivity contribution in [3.63, 3.8) is 0 Å². The van der Waals surface area contributed by atoms with Crippen LogP contribution in [-0.2, 0) is 18.6 Å². The normalized spacial score (nSPS) is 18.2. The molecule has 0 radical (unpaired) electrons. The molecule has 164 valence electrons. The molecular weight excluding hydrogens is 409 g/mol. The van der Waals surface area contributed by atoms with Gasteiger partial charge in [-0.25, -0.2) is 0 Å². The Morgan fingerprint density at radius 1 is 1.06 bits per heavy atom. The summed E-state index contributed by atoms with van der Waals surface area (Å²) in [5.74, 6) is 0. The summed E-state index contributed by atoms with van der Waals surface area (Å²) < 4.78 is 44.3. The van der Waals surface area contributed by atoms with Gasteiger partial charge in [0, 0.05) is 29.3 Å². The molecule has 1 heterocycles. The van der Waals surface area contributed by atoms with Crippen LogP contribution in [0.1, 0.15) is 30.5 Å². The first-order valence-electron chi connectivity index (χ1n) is 9.88. The SMILES string of the molecule is CC(C)(O)Cc1cc(-c2cnn(CCO)c2)c2c(c1)C(O)(C(F)(F)F)c1ccccc1-2. The third-order valence-corrected chi connectivity index (χ3v) is 5.49. The summed E-state index contributed by atoms with van der Waals surface area (Å²) >= 11 is 0. The first-order valence-corrected chi connectivity index (χ1v) is 9.88. The lowest BCUT2D eigenvalue weighted by atomic mass is 9.86. The van der Waals surface area contributed by atoms with Crippen molar-refractivity contribution in [3.05, 3.63) is 65.5 Å². The van der Waals surface area contributed by atoms with E-state index in [9.17, 15) is 23.4 Å². The van der Waals surface area contributed by atoms with Gasteiger partial charge in [0.1, 0.15) is 0 Å². The van der Waals surface area contributed by atoms with Gasteiger partial charge in [0.15, 0.2) is 0 Å². The number of alkyl halides is 3. The van der Waals surface area contributed by atoms with Crippen LogP contribution in [0.3, 0.4) is 0 Å². The van der Waals surface area contributed by atoms with Crippen molar-refractivity contribution in [2.45, 2.75) is 44.2 Å². The monoisotopic (exact) mass is 432 g/mol. The predicted octanol–water partition coefficient (Wildman–Crippen LogP) is 3.63. The summed E-state index contributed by atoms with van der Waals surface area (Å²) in [5.41, 5.74) is -2.70. The number of fused-ring (bicyclic) bond motifs is 3. The fourth-order valence-electron chi connectivity index (χ4n) is 4.30. The molecule has 3 N–H and O–H groups in total. The highest BCUT2D eigenvalue weighted by molar-refractivity contribution is 5.92. The summed E-state index contributed by atoms with van der Waals surface area (Å²) in [5, 5.41) is 34.7. The van der Waals surface area contributed by atoms with E-state index in [-0.39, 0.29) is 30.7 Å². The van der Waals surface area contributed by atoms with Crippen molar-refractivity contribution in [1.82, 2.24) is 9.78 Å². The minimum absolute atomic E-state index is 0.0995. The van der Waals surface area contributed by atoms with Gasteiger partial charge in [-0.1, -0.05) is 36.4 Å². The molecule has 0 fully saturated rings. The number of aliphatic hydroxyl groups is 3. The van der Waals surface area contributed by atoms with Crippen LogP contribution in [-0.4, -0.2) is 43.5 Å². The molecule has 1 aliphatic carbocycles. The van der Waals surface area contributed by atoms with Crippen molar-refractivity contribution in [2.75, 3.05) is 6.61 Å². The average molecular weight is 432 g/mol. The number of halogens is 3. The van der Waals surface area contributed by atoms with Gasteiger partial charge in [0.05, 0.1) is 24.9 Å². The Morgan fingerprint density at radius 2 is 1.77 bits per heavy atom. The average Bonchev–Trinajstić information content (AvgIpc) is 3.23. The number of aromatic nitrogens is 2. The van der Waals surface area contributed by atoms with Crippen LogP contribution in [0.2, 0.25) is 0 Å². The fourth-order valence-corrected chi connectivity index (χ4v) is 4.30. The Bertz CT molecular complexity index is 1130. The van der Waals surface area contributed by atoms with Gasteiger partial charge < -0.3 is 15.3 Å². The van der Waals surface area contributed by atoms with E-state index in [2.05, 4.69) is 5.10 Å². The second-order valence-corrected chi connectivity index (χ2v) is 8.52. The smallest absolute Gasteiger partial charge is 0.394 e. The highest BCUT2D eigenvalue weighted by Crippen LogP contribution is 2.57. The molecule has 8 heteroatoms. The summed E-state index contributed by atoms with van der Waals surface area (Å²) in [7, 11) is 0. The number of hydrogen-bond donors (Lipinski definition) is 3. The second-order valence-electron chi connectivity index (χ2n) is 8.52. The Morgan fingerprint density at radius 3 is 2.42 bits per heavy atom. The van der Waals surface area contributed by atoms with E-state index < -0.39 is 17.4 Å². The molecule has 1 atom stereocenters. The van der Waals surface area contributed by atoms with E-state index in [0.29, 0.717) is 27.8 Å². The summed E-state index contributed by atoms with van der Waals surface area (Å²) in [6.45, 7) is 3.26. The van der Waals surface area contributed by atoms with Crippen LogP contribution in [0.4, 0.5) is 13.2 Å². The topological polar surface area (TPSA) is 78.5 Å². The number of rotatable bonds is 5. The van der Waals surface area contributed by atoms with Gasteiger partial charge in [-0.05, 0) is 36.1 Å². The van der Waals surface area contributed by atoms with Crippen molar-refractivity contribution >= 4 is 0 Å². The van der Waals surface area contributed by atoms with E-state index in [1.54, 1.807) is 38.2 Å². The molecule has 5 nitrogen and oxygen atoms in total.